The van der Waals surface area contributed by atoms with E-state index in [1.165, 1.54) is 0 Å². The van der Waals surface area contributed by atoms with Gasteiger partial charge in [-0.05, 0) is 36.5 Å². The molecule has 188 valence electrons. The summed E-state index contributed by atoms with van der Waals surface area (Å²) < 4.78 is 0. The van der Waals surface area contributed by atoms with Gasteiger partial charge in [0.25, 0.3) is 0 Å². The van der Waals surface area contributed by atoms with Crippen LogP contribution in [0.15, 0.2) is 24.3 Å². The van der Waals surface area contributed by atoms with Crippen molar-refractivity contribution in [1.29, 1.82) is 0 Å². The number of imide groups is 2. The van der Waals surface area contributed by atoms with E-state index >= 15 is 0 Å². The number of hydrogen-bond donors (Lipinski definition) is 0. The second kappa shape index (κ2) is 7.60. The molecule has 3 aliphatic heterocycles. The minimum Gasteiger partial charge on any atom is -0.338 e. The largest absolute Gasteiger partial charge is 0.338 e. The highest BCUT2D eigenvalue weighted by Gasteiger charge is 2.60. The molecule has 8 atom stereocenters. The fourth-order valence-electron chi connectivity index (χ4n) is 7.92. The molecule has 6 amide bonds. The zero-order valence-electron chi connectivity index (χ0n) is 19.8. The van der Waals surface area contributed by atoms with Crippen molar-refractivity contribution in [1.82, 2.24) is 19.6 Å². The van der Waals surface area contributed by atoms with Crippen molar-refractivity contribution in [2.75, 3.05) is 39.3 Å². The van der Waals surface area contributed by atoms with Crippen LogP contribution in [0.25, 0.3) is 0 Å². The number of rotatable bonds is 4. The Balaban J connectivity index is 0.931. The molecule has 2 saturated carbocycles. The van der Waals surface area contributed by atoms with Gasteiger partial charge in [-0.3, -0.25) is 38.6 Å². The lowest BCUT2D eigenvalue weighted by Crippen LogP contribution is -2.55. The molecule has 0 aromatic carbocycles. The molecule has 0 unspecified atom stereocenters. The topological polar surface area (TPSA) is 115 Å². The summed E-state index contributed by atoms with van der Waals surface area (Å²) in [6.07, 6.45) is 9.78. The van der Waals surface area contributed by atoms with Gasteiger partial charge in [-0.2, -0.15) is 0 Å². The van der Waals surface area contributed by atoms with Gasteiger partial charge in [-0.1, -0.05) is 24.3 Å². The van der Waals surface area contributed by atoms with E-state index in [0.29, 0.717) is 0 Å². The van der Waals surface area contributed by atoms with Crippen molar-refractivity contribution in [3.05, 3.63) is 24.3 Å². The molecule has 0 N–H and O–H groups in total. The summed E-state index contributed by atoms with van der Waals surface area (Å²) >= 11 is 0. The average molecular weight is 493 g/mol. The molecule has 10 heteroatoms. The van der Waals surface area contributed by atoms with Crippen molar-refractivity contribution >= 4 is 35.4 Å². The van der Waals surface area contributed by atoms with Crippen LogP contribution in [0.4, 0.5) is 0 Å². The Morgan fingerprint density at radius 2 is 0.833 bits per heavy atom. The number of nitrogens with zero attached hydrogens (tertiary/aromatic N) is 4. The Kier molecular flexibility index (Phi) is 4.63. The first-order valence-electron chi connectivity index (χ1n) is 13.0. The number of amides is 6. The van der Waals surface area contributed by atoms with Crippen LogP contribution in [-0.4, -0.2) is 94.3 Å². The van der Waals surface area contributed by atoms with Crippen LogP contribution in [0, 0.1) is 47.3 Å². The van der Waals surface area contributed by atoms with E-state index in [1.54, 1.807) is 9.80 Å². The number of carbonyl (C=O) groups is 6. The minimum atomic E-state index is -0.323. The van der Waals surface area contributed by atoms with Crippen molar-refractivity contribution in [2.24, 2.45) is 47.3 Å². The number of piperazine rings is 1. The van der Waals surface area contributed by atoms with Gasteiger partial charge in [0.2, 0.25) is 35.4 Å². The third-order valence-electron chi connectivity index (χ3n) is 9.70. The van der Waals surface area contributed by atoms with Crippen molar-refractivity contribution in [3.63, 3.8) is 0 Å². The highest BCUT2D eigenvalue weighted by atomic mass is 16.2. The molecule has 0 radical (unpaired) electrons. The van der Waals surface area contributed by atoms with Gasteiger partial charge < -0.3 is 9.80 Å². The first kappa shape index (κ1) is 21.9. The molecule has 4 bridgehead atoms. The van der Waals surface area contributed by atoms with Crippen LogP contribution in [0.5, 0.6) is 0 Å². The summed E-state index contributed by atoms with van der Waals surface area (Å²) in [4.78, 5) is 82.7. The van der Waals surface area contributed by atoms with E-state index in [-0.39, 0.29) is 122 Å². The summed E-state index contributed by atoms with van der Waals surface area (Å²) in [6, 6.07) is 0. The van der Waals surface area contributed by atoms with E-state index in [4.69, 9.17) is 0 Å². The maximum atomic E-state index is 12.9. The smallest absolute Gasteiger partial charge is 0.242 e. The van der Waals surface area contributed by atoms with Gasteiger partial charge in [-0.25, -0.2) is 0 Å². The van der Waals surface area contributed by atoms with E-state index in [9.17, 15) is 28.8 Å². The van der Waals surface area contributed by atoms with Gasteiger partial charge in [0.1, 0.15) is 13.1 Å². The third-order valence-corrected chi connectivity index (χ3v) is 9.70. The summed E-state index contributed by atoms with van der Waals surface area (Å²) in [7, 11) is 0. The first-order valence-corrected chi connectivity index (χ1v) is 13.0. The summed E-state index contributed by atoms with van der Waals surface area (Å²) in [5.41, 5.74) is 0. The number of fused-ring (bicyclic) bond motifs is 10. The van der Waals surface area contributed by atoms with Gasteiger partial charge in [-0.15, -0.1) is 0 Å². The second-order valence-corrected chi connectivity index (χ2v) is 11.3. The van der Waals surface area contributed by atoms with Crippen LogP contribution < -0.4 is 0 Å². The number of likely N-dealkylation sites (tertiary alicyclic amines) is 2. The second-order valence-electron chi connectivity index (χ2n) is 11.3. The molecule has 36 heavy (non-hydrogen) atoms. The lowest BCUT2D eigenvalue weighted by Gasteiger charge is -2.36. The molecule has 3 saturated heterocycles. The van der Waals surface area contributed by atoms with E-state index in [1.807, 2.05) is 24.3 Å². The average Bonchev–Trinajstić information content (AvgIpc) is 3.72. The fourth-order valence-corrected chi connectivity index (χ4v) is 7.92. The molecule has 10 nitrogen and oxygen atoms in total. The first-order chi connectivity index (χ1) is 17.3. The minimum absolute atomic E-state index is 0.103. The molecular formula is C26H28N4O6. The van der Waals surface area contributed by atoms with Crippen LogP contribution >= 0.6 is 0 Å². The monoisotopic (exact) mass is 492 g/mol. The maximum Gasteiger partial charge on any atom is 0.242 e. The van der Waals surface area contributed by atoms with Crippen LogP contribution in [0.1, 0.15) is 12.8 Å². The van der Waals surface area contributed by atoms with Crippen LogP contribution in [0.2, 0.25) is 0 Å². The Morgan fingerprint density at radius 1 is 0.556 bits per heavy atom. The fraction of sp³-hybridized carbons (Fsp3) is 0.615. The highest BCUT2D eigenvalue weighted by Crippen LogP contribution is 2.53. The number of carbonyl (C=O) groups excluding carboxylic acids is 6. The van der Waals surface area contributed by atoms with Gasteiger partial charge in [0, 0.05) is 26.2 Å². The Bertz CT molecular complexity index is 1020. The predicted molar refractivity (Wildman–Crippen MR) is 122 cm³/mol. The predicted octanol–water partition coefficient (Wildman–Crippen LogP) is -0.729. The molecule has 7 rings (SSSR count). The maximum absolute atomic E-state index is 12.9. The van der Waals surface area contributed by atoms with Gasteiger partial charge in [0.15, 0.2) is 0 Å². The summed E-state index contributed by atoms with van der Waals surface area (Å²) in [5.74, 6) is -2.44. The van der Waals surface area contributed by atoms with Crippen molar-refractivity contribution in [3.8, 4) is 0 Å². The van der Waals surface area contributed by atoms with E-state index < -0.39 is 0 Å². The lowest BCUT2D eigenvalue weighted by atomic mass is 9.85. The van der Waals surface area contributed by atoms with Crippen molar-refractivity contribution in [2.45, 2.75) is 12.8 Å². The van der Waals surface area contributed by atoms with E-state index in [2.05, 4.69) is 0 Å². The lowest BCUT2D eigenvalue weighted by molar-refractivity contribution is -0.150. The zero-order chi connectivity index (χ0) is 24.9. The zero-order valence-corrected chi connectivity index (χ0v) is 19.8. The molecular weight excluding hydrogens is 464 g/mol. The Labute approximate surface area is 207 Å². The number of allylic oxidation sites excluding steroid dienone is 4. The standard InChI is InChI=1S/C26H28N4O6/c31-17(11-29-23(33)19-13-1-2-14(9-13)20(19)24(29)34)27-5-7-28(8-6-27)18(32)12-30-25(35)21-15-3-4-16(10-15)22(21)26(30)36/h1-4,13-16,19-22H,5-12H2/t13-,14+,15-,16+,19-,20+,21-,22+. The van der Waals surface area contributed by atoms with Gasteiger partial charge in [0.05, 0.1) is 23.7 Å². The molecule has 3 heterocycles. The third kappa shape index (κ3) is 2.90. The normalized spacial score (nSPS) is 39.8. The molecule has 4 aliphatic carbocycles. The van der Waals surface area contributed by atoms with Crippen LogP contribution in [-0.2, 0) is 28.8 Å². The van der Waals surface area contributed by atoms with E-state index in [0.717, 1.165) is 22.6 Å². The Hall–Kier alpha value is -3.30. The summed E-state index contributed by atoms with van der Waals surface area (Å²) in [5, 5.41) is 0. The quantitative estimate of drug-likeness (QED) is 0.378. The van der Waals surface area contributed by atoms with Gasteiger partial charge >= 0.3 is 0 Å². The molecule has 0 aromatic rings. The van der Waals surface area contributed by atoms with Crippen molar-refractivity contribution < 1.29 is 28.8 Å². The number of hydrogen-bond acceptors (Lipinski definition) is 6. The Morgan fingerprint density at radius 3 is 1.11 bits per heavy atom. The SMILES string of the molecule is O=C(CN1C(=O)[C@@H]2[C@H](C1=O)[C@@H]1C=C[C@H]2C1)N1CCN(C(=O)CN2C(=O)[C@@H]3[C@H](C2=O)[C@@H]2C=C[C@H]3C2)CC1. The molecule has 0 spiro atoms. The molecule has 5 fully saturated rings. The van der Waals surface area contributed by atoms with Crippen LogP contribution in [0.3, 0.4) is 0 Å². The molecule has 0 aromatic heterocycles. The molecule has 7 aliphatic rings. The highest BCUT2D eigenvalue weighted by molar-refractivity contribution is 6.09. The summed E-state index contributed by atoms with van der Waals surface area (Å²) in [6.45, 7) is 0.606.